The second kappa shape index (κ2) is 10.6. The van der Waals surface area contributed by atoms with Gasteiger partial charge in [0.2, 0.25) is 21.8 Å². The predicted molar refractivity (Wildman–Crippen MR) is 124 cm³/mol. The molecule has 2 amide bonds. The van der Waals surface area contributed by atoms with E-state index in [4.69, 9.17) is 11.6 Å². The minimum Gasteiger partial charge on any atom is -0.355 e. The summed E-state index contributed by atoms with van der Waals surface area (Å²) in [7, 11) is -3.77. The van der Waals surface area contributed by atoms with Gasteiger partial charge in [0.1, 0.15) is 12.6 Å². The van der Waals surface area contributed by atoms with Crippen LogP contribution in [0.4, 0.5) is 5.69 Å². The molecular weight excluding hydrogens is 438 g/mol. The smallest absolute Gasteiger partial charge is 0.244 e. The molecule has 2 aromatic carbocycles. The van der Waals surface area contributed by atoms with Crippen molar-refractivity contribution in [3.63, 3.8) is 0 Å². The summed E-state index contributed by atoms with van der Waals surface area (Å²) in [5.41, 5.74) is 2.15. The highest BCUT2D eigenvalue weighted by atomic mass is 35.5. The van der Waals surface area contributed by atoms with Crippen LogP contribution in [0.3, 0.4) is 0 Å². The van der Waals surface area contributed by atoms with Crippen LogP contribution in [0.5, 0.6) is 0 Å². The molecule has 0 spiro atoms. The van der Waals surface area contributed by atoms with E-state index < -0.39 is 28.5 Å². The molecule has 1 unspecified atom stereocenters. The molecule has 1 N–H and O–H groups in total. The molecule has 31 heavy (non-hydrogen) atoms. The molecule has 0 heterocycles. The maximum absolute atomic E-state index is 13.3. The number of halogens is 1. The molecule has 0 aliphatic rings. The largest absolute Gasteiger partial charge is 0.355 e. The lowest BCUT2D eigenvalue weighted by molar-refractivity contribution is -0.139. The predicted octanol–water partition coefficient (Wildman–Crippen LogP) is 2.97. The highest BCUT2D eigenvalue weighted by Gasteiger charge is 2.29. The highest BCUT2D eigenvalue weighted by Crippen LogP contribution is 2.22. The number of benzene rings is 2. The van der Waals surface area contributed by atoms with Gasteiger partial charge in [-0.05, 0) is 44.5 Å². The number of anilines is 1. The summed E-state index contributed by atoms with van der Waals surface area (Å²) in [5, 5.41) is 3.07. The van der Waals surface area contributed by atoms with Gasteiger partial charge in [-0.2, -0.15) is 0 Å². The van der Waals surface area contributed by atoms with Gasteiger partial charge in [-0.3, -0.25) is 13.9 Å². The standard InChI is InChI=1S/C22H28ClN3O4S/c1-5-24-22(28)17(3)25(14-18-9-6-8-16(2)12-18)21(27)15-26(31(4,29)30)20-11-7-10-19(23)13-20/h6-13,17H,5,14-15H2,1-4H3,(H,24,28). The van der Waals surface area contributed by atoms with Gasteiger partial charge >= 0.3 is 0 Å². The molecule has 7 nitrogen and oxygen atoms in total. The van der Waals surface area contributed by atoms with Crippen LogP contribution < -0.4 is 9.62 Å². The molecule has 9 heteroatoms. The zero-order valence-corrected chi connectivity index (χ0v) is 19.7. The fourth-order valence-electron chi connectivity index (χ4n) is 3.16. The Morgan fingerprint density at radius 2 is 1.81 bits per heavy atom. The molecule has 0 fully saturated rings. The van der Waals surface area contributed by atoms with Gasteiger partial charge in [0.15, 0.2) is 0 Å². The van der Waals surface area contributed by atoms with E-state index in [1.807, 2.05) is 31.2 Å². The molecule has 1 atom stereocenters. The summed E-state index contributed by atoms with van der Waals surface area (Å²) in [6.45, 7) is 5.51. The van der Waals surface area contributed by atoms with Gasteiger partial charge in [0, 0.05) is 18.1 Å². The van der Waals surface area contributed by atoms with E-state index >= 15 is 0 Å². The van der Waals surface area contributed by atoms with Crippen molar-refractivity contribution in [1.29, 1.82) is 0 Å². The number of nitrogens with zero attached hydrogens (tertiary/aromatic N) is 2. The number of hydrogen-bond acceptors (Lipinski definition) is 4. The number of hydrogen-bond donors (Lipinski definition) is 1. The molecule has 0 saturated heterocycles. The lowest BCUT2D eigenvalue weighted by Crippen LogP contribution is -2.51. The van der Waals surface area contributed by atoms with Gasteiger partial charge in [0.05, 0.1) is 11.9 Å². The Morgan fingerprint density at radius 3 is 2.39 bits per heavy atom. The van der Waals surface area contributed by atoms with E-state index in [0.29, 0.717) is 11.6 Å². The molecule has 0 bridgehead atoms. The maximum Gasteiger partial charge on any atom is 0.244 e. The number of sulfonamides is 1. The molecule has 0 aliphatic carbocycles. The number of aryl methyl sites for hydroxylation is 1. The quantitative estimate of drug-likeness (QED) is 0.616. The third-order valence-electron chi connectivity index (χ3n) is 4.73. The van der Waals surface area contributed by atoms with Crippen LogP contribution in [0, 0.1) is 6.92 Å². The average molecular weight is 466 g/mol. The number of likely N-dealkylation sites (N-methyl/N-ethyl adjacent to an activating group) is 1. The number of nitrogens with one attached hydrogen (secondary N) is 1. The van der Waals surface area contributed by atoms with Crippen molar-refractivity contribution < 1.29 is 18.0 Å². The number of carbonyl (C=O) groups excluding carboxylic acids is 2. The van der Waals surface area contributed by atoms with Crippen molar-refractivity contribution in [2.75, 3.05) is 23.7 Å². The Morgan fingerprint density at radius 1 is 1.13 bits per heavy atom. The maximum atomic E-state index is 13.3. The Kier molecular flexibility index (Phi) is 8.47. The van der Waals surface area contributed by atoms with Crippen molar-refractivity contribution >= 4 is 39.1 Å². The fraction of sp³-hybridized carbons (Fsp3) is 0.364. The van der Waals surface area contributed by atoms with Gasteiger partial charge < -0.3 is 10.2 Å². The van der Waals surface area contributed by atoms with Crippen molar-refractivity contribution in [3.05, 3.63) is 64.7 Å². The summed E-state index contributed by atoms with van der Waals surface area (Å²) in [6, 6.07) is 13.1. The van der Waals surface area contributed by atoms with Crippen LogP contribution >= 0.6 is 11.6 Å². The van der Waals surface area contributed by atoms with Crippen LogP contribution in [-0.4, -0.2) is 50.5 Å². The molecule has 0 saturated carbocycles. The Hall–Kier alpha value is -2.58. The molecule has 0 aromatic heterocycles. The van der Waals surface area contributed by atoms with Crippen LogP contribution in [0.25, 0.3) is 0 Å². The SMILES string of the molecule is CCNC(=O)C(C)N(Cc1cccc(C)c1)C(=O)CN(c1cccc(Cl)c1)S(C)(=O)=O. The van der Waals surface area contributed by atoms with Gasteiger partial charge in [0.25, 0.3) is 0 Å². The third kappa shape index (κ3) is 6.97. The topological polar surface area (TPSA) is 86.8 Å². The lowest BCUT2D eigenvalue weighted by atomic mass is 10.1. The van der Waals surface area contributed by atoms with Crippen LogP contribution in [0.15, 0.2) is 48.5 Å². The van der Waals surface area contributed by atoms with E-state index in [2.05, 4.69) is 5.32 Å². The number of rotatable bonds is 9. The van der Waals surface area contributed by atoms with Gasteiger partial charge in [-0.1, -0.05) is 47.5 Å². The van der Waals surface area contributed by atoms with E-state index in [1.54, 1.807) is 32.0 Å². The van der Waals surface area contributed by atoms with Crippen molar-refractivity contribution in [1.82, 2.24) is 10.2 Å². The third-order valence-corrected chi connectivity index (χ3v) is 6.10. The van der Waals surface area contributed by atoms with Crippen molar-refractivity contribution in [3.8, 4) is 0 Å². The van der Waals surface area contributed by atoms with E-state index in [1.165, 1.54) is 11.0 Å². The summed E-state index contributed by atoms with van der Waals surface area (Å²) >= 11 is 6.02. The Bertz CT molecular complexity index is 1040. The molecule has 0 radical (unpaired) electrons. The first-order valence-corrected chi connectivity index (χ1v) is 12.1. The van der Waals surface area contributed by atoms with Gasteiger partial charge in [-0.25, -0.2) is 8.42 Å². The summed E-state index contributed by atoms with van der Waals surface area (Å²) in [4.78, 5) is 27.2. The lowest BCUT2D eigenvalue weighted by Gasteiger charge is -2.31. The summed E-state index contributed by atoms with van der Waals surface area (Å²) in [5.74, 6) is -0.803. The Balaban J connectivity index is 2.38. The minimum atomic E-state index is -3.77. The second-order valence-electron chi connectivity index (χ2n) is 7.33. The Labute approximate surface area is 189 Å². The molecule has 0 aliphatic heterocycles. The fourth-order valence-corrected chi connectivity index (χ4v) is 4.18. The first-order valence-electron chi connectivity index (χ1n) is 9.89. The van der Waals surface area contributed by atoms with E-state index in [-0.39, 0.29) is 18.1 Å². The van der Waals surface area contributed by atoms with Crippen LogP contribution in [0.1, 0.15) is 25.0 Å². The van der Waals surface area contributed by atoms with Crippen molar-refractivity contribution in [2.24, 2.45) is 0 Å². The normalized spacial score (nSPS) is 12.2. The van der Waals surface area contributed by atoms with Crippen LogP contribution in [-0.2, 0) is 26.2 Å². The van der Waals surface area contributed by atoms with E-state index in [9.17, 15) is 18.0 Å². The molecular formula is C22H28ClN3O4S. The minimum absolute atomic E-state index is 0.173. The molecule has 168 valence electrons. The summed E-state index contributed by atoms with van der Waals surface area (Å²) in [6.07, 6.45) is 1.03. The molecule has 2 aromatic rings. The monoisotopic (exact) mass is 465 g/mol. The first kappa shape index (κ1) is 24.7. The van der Waals surface area contributed by atoms with Gasteiger partial charge in [-0.15, -0.1) is 0 Å². The first-order chi connectivity index (χ1) is 14.5. The summed E-state index contributed by atoms with van der Waals surface area (Å²) < 4.78 is 25.9. The average Bonchev–Trinajstić information content (AvgIpc) is 2.69. The van der Waals surface area contributed by atoms with Crippen LogP contribution in [0.2, 0.25) is 5.02 Å². The second-order valence-corrected chi connectivity index (χ2v) is 9.67. The highest BCUT2D eigenvalue weighted by molar-refractivity contribution is 7.92. The molecule has 2 rings (SSSR count). The zero-order chi connectivity index (χ0) is 23.2. The van der Waals surface area contributed by atoms with Crippen molar-refractivity contribution in [2.45, 2.75) is 33.4 Å². The van der Waals surface area contributed by atoms with E-state index in [0.717, 1.165) is 21.7 Å². The zero-order valence-electron chi connectivity index (χ0n) is 18.1. The number of carbonyl (C=O) groups is 2. The number of amides is 2.